The maximum Gasteiger partial charge on any atom is 0.325 e. The summed E-state index contributed by atoms with van der Waals surface area (Å²) in [6.45, 7) is 8.87. The fourth-order valence-electron chi connectivity index (χ4n) is 7.66. The van der Waals surface area contributed by atoms with Gasteiger partial charge in [0.1, 0.15) is 23.0 Å². The lowest BCUT2D eigenvalue weighted by molar-refractivity contribution is -0.129. The van der Waals surface area contributed by atoms with Gasteiger partial charge in [0.25, 0.3) is 0 Å². The molecule has 14 nitrogen and oxygen atoms in total. The van der Waals surface area contributed by atoms with Crippen LogP contribution in [0.5, 0.6) is 0 Å². The summed E-state index contributed by atoms with van der Waals surface area (Å²) in [4.78, 5) is 59.8. The molecule has 18 heteroatoms. The number of piperazine rings is 2. The molecule has 3 aliphatic rings. The Labute approximate surface area is 323 Å². The molecule has 0 bridgehead atoms. The van der Waals surface area contributed by atoms with E-state index >= 15 is 13.2 Å². The normalized spacial score (nSPS) is 17.9. The zero-order chi connectivity index (χ0) is 39.6. The number of urea groups is 1. The Bertz CT molecular complexity index is 2530. The van der Waals surface area contributed by atoms with Gasteiger partial charge in [0.05, 0.1) is 33.1 Å². The highest BCUT2D eigenvalue weighted by atomic mass is 32.1. The number of carbonyl (C=O) groups excluding carboxylic acids is 2. The van der Waals surface area contributed by atoms with Crippen LogP contribution in [0.15, 0.2) is 40.2 Å². The number of aromatic nitrogens is 4. The summed E-state index contributed by atoms with van der Waals surface area (Å²) in [5, 5.41) is 13.3. The maximum atomic E-state index is 16.2. The van der Waals surface area contributed by atoms with E-state index in [1.807, 2.05) is 23.4 Å². The molecule has 56 heavy (non-hydrogen) atoms. The molecule has 8 rings (SSSR count). The molecular formula is C38H41F3N10O4S. The van der Waals surface area contributed by atoms with Crippen LogP contribution in [0, 0.1) is 17.5 Å². The summed E-state index contributed by atoms with van der Waals surface area (Å²) in [6.07, 6.45) is 4.72. The van der Waals surface area contributed by atoms with Crippen molar-refractivity contribution in [2.24, 2.45) is 0 Å². The first kappa shape index (κ1) is 37.4. The summed E-state index contributed by atoms with van der Waals surface area (Å²) in [7, 11) is 1.96. The van der Waals surface area contributed by atoms with E-state index in [1.165, 1.54) is 23.8 Å². The average molecular weight is 791 g/mol. The van der Waals surface area contributed by atoms with Crippen molar-refractivity contribution in [3.63, 3.8) is 0 Å². The topological polar surface area (TPSA) is 141 Å². The summed E-state index contributed by atoms with van der Waals surface area (Å²) >= 11 is 0.878. The minimum Gasteiger partial charge on any atom is -0.366 e. The van der Waals surface area contributed by atoms with Gasteiger partial charge in [-0.05, 0) is 51.9 Å². The number of pyridine rings is 2. The quantitative estimate of drug-likeness (QED) is 0.232. The smallest absolute Gasteiger partial charge is 0.325 e. The third-order valence-corrected chi connectivity index (χ3v) is 11.9. The molecule has 1 saturated carbocycles. The summed E-state index contributed by atoms with van der Waals surface area (Å²) < 4.78 is 50.8. The number of hydrogen-bond donors (Lipinski definition) is 2. The zero-order valence-electron chi connectivity index (χ0n) is 31.4. The molecular weight excluding hydrogens is 750 g/mol. The molecule has 5 aromatic rings. The van der Waals surface area contributed by atoms with Gasteiger partial charge in [-0.1, -0.05) is 11.3 Å². The Balaban J connectivity index is 1.04. The molecule has 5 heterocycles. The predicted molar refractivity (Wildman–Crippen MR) is 211 cm³/mol. The van der Waals surface area contributed by atoms with E-state index in [4.69, 9.17) is 0 Å². The first-order valence-corrected chi connectivity index (χ1v) is 19.5. The van der Waals surface area contributed by atoms with Crippen LogP contribution in [-0.4, -0.2) is 100.0 Å². The van der Waals surface area contributed by atoms with Crippen LogP contribution in [0.25, 0.3) is 32.4 Å². The second-order valence-electron chi connectivity index (χ2n) is 14.7. The van der Waals surface area contributed by atoms with Gasteiger partial charge in [0, 0.05) is 83.8 Å². The van der Waals surface area contributed by atoms with Gasteiger partial charge in [-0.15, -0.1) is 10.2 Å². The second-order valence-corrected chi connectivity index (χ2v) is 15.6. The molecule has 3 fully saturated rings. The number of anilines is 4. The van der Waals surface area contributed by atoms with Crippen LogP contribution in [0.1, 0.15) is 39.7 Å². The number of benzene rings is 2. The van der Waals surface area contributed by atoms with Crippen molar-refractivity contribution in [1.82, 2.24) is 29.1 Å². The number of nitrogens with one attached hydrogen (secondary N) is 2. The molecule has 2 N–H and O–H groups in total. The van der Waals surface area contributed by atoms with E-state index in [1.54, 1.807) is 29.0 Å². The van der Waals surface area contributed by atoms with Crippen molar-refractivity contribution in [1.29, 1.82) is 0 Å². The monoisotopic (exact) mass is 790 g/mol. The Morgan fingerprint density at radius 2 is 1.61 bits per heavy atom. The number of carbonyl (C=O) groups is 2. The first-order chi connectivity index (χ1) is 26.8. The van der Waals surface area contributed by atoms with E-state index in [-0.39, 0.29) is 67.9 Å². The highest BCUT2D eigenvalue weighted by molar-refractivity contribution is 7.18. The van der Waals surface area contributed by atoms with E-state index in [0.717, 1.165) is 30.2 Å². The molecule has 294 valence electrons. The maximum absolute atomic E-state index is 16.2. The van der Waals surface area contributed by atoms with Crippen LogP contribution >= 0.6 is 11.3 Å². The highest BCUT2D eigenvalue weighted by Crippen LogP contribution is 2.39. The first-order valence-electron chi connectivity index (χ1n) is 18.6. The number of hydrogen-bond acceptors (Lipinski definition) is 10. The standard InChI is InChI=1S/C38H41F3N10O4S/c1-5-47-18-25(34(53)24-15-27(40)33(31(41)32(24)47)50-9-8-46(4)20(2)17-50)36-44-45-38(56-36)43-37(55)42-28-19-51(22-6-7-22)29-16-30(26(39)14-23(29)35(28)54)49-12-10-48(11-13-49)21(3)52/h14-16,18-20,22H,5-13,17H2,1-4H3,(H2,42,43,45,55). The fourth-order valence-corrected chi connectivity index (χ4v) is 8.41. The zero-order valence-corrected chi connectivity index (χ0v) is 32.2. The van der Waals surface area contributed by atoms with Crippen molar-refractivity contribution in [2.75, 3.05) is 73.3 Å². The Morgan fingerprint density at radius 1 is 0.893 bits per heavy atom. The number of fused-ring (bicyclic) bond motifs is 2. The fraction of sp³-hybridized carbons (Fsp3) is 0.421. The molecule has 2 aromatic carbocycles. The molecule has 2 saturated heterocycles. The molecule has 3 aromatic heterocycles. The van der Waals surface area contributed by atoms with Crippen molar-refractivity contribution in [3.8, 4) is 10.6 Å². The largest absolute Gasteiger partial charge is 0.366 e. The summed E-state index contributed by atoms with van der Waals surface area (Å²) in [6, 6.07) is 3.27. The highest BCUT2D eigenvalue weighted by Gasteiger charge is 2.30. The van der Waals surface area contributed by atoms with Crippen molar-refractivity contribution >= 4 is 67.3 Å². The molecule has 3 amide bonds. The number of amides is 3. The number of rotatable bonds is 7. The van der Waals surface area contributed by atoms with Gasteiger partial charge in [-0.25, -0.2) is 18.0 Å². The van der Waals surface area contributed by atoms with Crippen molar-refractivity contribution < 1.29 is 22.8 Å². The van der Waals surface area contributed by atoms with E-state index in [0.29, 0.717) is 57.0 Å². The van der Waals surface area contributed by atoms with E-state index < -0.39 is 34.3 Å². The lowest BCUT2D eigenvalue weighted by atomic mass is 10.1. The minimum absolute atomic E-state index is 0.000745. The molecule has 2 aliphatic heterocycles. The van der Waals surface area contributed by atoms with Crippen molar-refractivity contribution in [2.45, 2.75) is 52.2 Å². The second kappa shape index (κ2) is 14.5. The number of nitrogens with zero attached hydrogens (tertiary/aromatic N) is 8. The Hall–Kier alpha value is -5.49. The van der Waals surface area contributed by atoms with Crippen LogP contribution in [0.2, 0.25) is 0 Å². The minimum atomic E-state index is -0.832. The van der Waals surface area contributed by atoms with Gasteiger partial charge in [-0.2, -0.15) is 0 Å². The lowest BCUT2D eigenvalue weighted by Gasteiger charge is -2.39. The van der Waals surface area contributed by atoms with Crippen molar-refractivity contribution in [3.05, 3.63) is 68.5 Å². The third-order valence-electron chi connectivity index (χ3n) is 11.1. The van der Waals surface area contributed by atoms with Gasteiger partial charge in [0.2, 0.25) is 16.5 Å². The van der Waals surface area contributed by atoms with Gasteiger partial charge in [-0.3, -0.25) is 19.7 Å². The van der Waals surface area contributed by atoms with Crippen LogP contribution in [-0.2, 0) is 11.3 Å². The van der Waals surface area contributed by atoms with Crippen LogP contribution in [0.3, 0.4) is 0 Å². The van der Waals surface area contributed by atoms with E-state index in [9.17, 15) is 19.2 Å². The Morgan fingerprint density at radius 3 is 2.29 bits per heavy atom. The van der Waals surface area contributed by atoms with Gasteiger partial charge < -0.3 is 34.1 Å². The molecule has 1 aliphatic carbocycles. The number of aryl methyl sites for hydroxylation is 1. The summed E-state index contributed by atoms with van der Waals surface area (Å²) in [5.74, 6) is -2.25. The van der Waals surface area contributed by atoms with Gasteiger partial charge in [0.15, 0.2) is 16.3 Å². The van der Waals surface area contributed by atoms with Crippen LogP contribution < -0.4 is 31.3 Å². The third kappa shape index (κ3) is 6.73. The lowest BCUT2D eigenvalue weighted by Crippen LogP contribution is -2.50. The predicted octanol–water partition coefficient (Wildman–Crippen LogP) is 5.06. The summed E-state index contributed by atoms with van der Waals surface area (Å²) in [5.41, 5.74) is -0.513. The number of halogens is 3. The van der Waals surface area contributed by atoms with E-state index in [2.05, 4.69) is 25.7 Å². The molecule has 0 radical (unpaired) electrons. The SMILES string of the molecule is CCn1cc(-c2nnc(NC(=O)Nc3cn(C4CC4)c4cc(N5CCN(C(C)=O)CC5)c(F)cc4c3=O)s2)c(=O)c2cc(F)c(N3CCN(C)C(C)C3)c(F)c21. The van der Waals surface area contributed by atoms with Gasteiger partial charge >= 0.3 is 6.03 Å². The average Bonchev–Trinajstić information content (AvgIpc) is 3.92. The molecule has 1 atom stereocenters. The van der Waals surface area contributed by atoms with Crippen LogP contribution in [0.4, 0.5) is 40.2 Å². The molecule has 1 unspecified atom stereocenters. The Kier molecular flexibility index (Phi) is 9.72. The molecule has 0 spiro atoms. The number of likely N-dealkylation sites (N-methyl/N-ethyl adjacent to an activating group) is 1.